The largest absolute Gasteiger partial charge is 0.356 e. The molecule has 27 heavy (non-hydrogen) atoms. The van der Waals surface area contributed by atoms with Gasteiger partial charge in [-0.05, 0) is 35.7 Å². The number of hydrogen-bond acceptors (Lipinski definition) is 3. The van der Waals surface area contributed by atoms with Crippen LogP contribution in [0.25, 0.3) is 5.69 Å². The van der Waals surface area contributed by atoms with Gasteiger partial charge in [-0.1, -0.05) is 30.3 Å². The van der Waals surface area contributed by atoms with Gasteiger partial charge in [-0.3, -0.25) is 4.99 Å². The van der Waals surface area contributed by atoms with Crippen LogP contribution in [-0.2, 0) is 13.0 Å². The van der Waals surface area contributed by atoms with Gasteiger partial charge in [0.15, 0.2) is 5.96 Å². The summed E-state index contributed by atoms with van der Waals surface area (Å²) in [6, 6.07) is 14.8. The first-order chi connectivity index (χ1) is 12.8. The van der Waals surface area contributed by atoms with Gasteiger partial charge in [0, 0.05) is 20.1 Å². The van der Waals surface area contributed by atoms with Crippen molar-refractivity contribution >= 4 is 29.9 Å². The summed E-state index contributed by atoms with van der Waals surface area (Å²) in [6.07, 6.45) is 3.76. The smallest absolute Gasteiger partial charge is 0.191 e. The summed E-state index contributed by atoms with van der Waals surface area (Å²) < 4.78 is 15.3. The molecule has 0 aliphatic carbocycles. The molecule has 0 aliphatic rings. The summed E-state index contributed by atoms with van der Waals surface area (Å²) in [5.74, 6) is 0.506. The molecule has 0 unspecified atom stereocenters. The van der Waals surface area contributed by atoms with Crippen LogP contribution in [0.3, 0.4) is 0 Å². The molecular weight excluding hydrogens is 458 g/mol. The lowest BCUT2D eigenvalue weighted by Gasteiger charge is -2.12. The van der Waals surface area contributed by atoms with E-state index in [-0.39, 0.29) is 29.8 Å². The highest BCUT2D eigenvalue weighted by molar-refractivity contribution is 14.0. The standard InChI is InChI=1S/C19H21FN6.HI/c1-21-19(23-11-10-16-4-2-3-5-18(16)20)24-12-15-6-8-17(9-7-15)26-14-22-13-25-26;/h2-9,13-14H,10-12H2,1H3,(H2,21,23,24);1H. The minimum Gasteiger partial charge on any atom is -0.356 e. The normalized spacial score (nSPS) is 11.0. The number of benzene rings is 2. The highest BCUT2D eigenvalue weighted by Crippen LogP contribution is 2.08. The van der Waals surface area contributed by atoms with E-state index in [0.29, 0.717) is 31.0 Å². The highest BCUT2D eigenvalue weighted by Gasteiger charge is 2.03. The third-order valence-corrected chi connectivity index (χ3v) is 3.95. The second-order valence-corrected chi connectivity index (χ2v) is 5.70. The molecular formula is C19H22FIN6. The third kappa shape index (κ3) is 6.02. The van der Waals surface area contributed by atoms with Crippen LogP contribution in [0.1, 0.15) is 11.1 Å². The monoisotopic (exact) mass is 480 g/mol. The first-order valence-corrected chi connectivity index (χ1v) is 8.38. The van der Waals surface area contributed by atoms with Crippen molar-refractivity contribution in [2.24, 2.45) is 4.99 Å². The summed E-state index contributed by atoms with van der Waals surface area (Å²) >= 11 is 0. The van der Waals surface area contributed by atoms with E-state index in [0.717, 1.165) is 11.3 Å². The molecule has 0 atom stereocenters. The fourth-order valence-corrected chi connectivity index (χ4v) is 2.53. The van der Waals surface area contributed by atoms with Gasteiger partial charge in [-0.2, -0.15) is 5.10 Å². The minimum atomic E-state index is -0.176. The Morgan fingerprint density at radius 1 is 1.11 bits per heavy atom. The second kappa shape index (κ2) is 10.6. The van der Waals surface area contributed by atoms with Crippen LogP contribution in [0.4, 0.5) is 4.39 Å². The Labute approximate surface area is 175 Å². The van der Waals surface area contributed by atoms with Crippen LogP contribution in [0.2, 0.25) is 0 Å². The lowest BCUT2D eigenvalue weighted by atomic mass is 10.1. The summed E-state index contributed by atoms with van der Waals surface area (Å²) in [5, 5.41) is 10.6. The van der Waals surface area contributed by atoms with Crippen molar-refractivity contribution in [2.75, 3.05) is 13.6 Å². The zero-order valence-corrected chi connectivity index (χ0v) is 17.3. The molecule has 1 heterocycles. The van der Waals surface area contributed by atoms with Gasteiger partial charge in [-0.15, -0.1) is 24.0 Å². The van der Waals surface area contributed by atoms with Gasteiger partial charge in [0.05, 0.1) is 5.69 Å². The van der Waals surface area contributed by atoms with Gasteiger partial charge >= 0.3 is 0 Å². The van der Waals surface area contributed by atoms with E-state index < -0.39 is 0 Å². The van der Waals surface area contributed by atoms with E-state index in [4.69, 9.17) is 0 Å². The topological polar surface area (TPSA) is 67.1 Å². The molecule has 0 saturated carbocycles. The Bertz CT molecular complexity index is 849. The van der Waals surface area contributed by atoms with Crippen LogP contribution < -0.4 is 10.6 Å². The molecule has 8 heteroatoms. The molecule has 0 saturated heterocycles. The second-order valence-electron chi connectivity index (χ2n) is 5.70. The van der Waals surface area contributed by atoms with E-state index in [1.165, 1.54) is 12.4 Å². The van der Waals surface area contributed by atoms with Crippen molar-refractivity contribution in [3.63, 3.8) is 0 Å². The third-order valence-electron chi connectivity index (χ3n) is 3.95. The average molecular weight is 480 g/mol. The van der Waals surface area contributed by atoms with Crippen LogP contribution >= 0.6 is 24.0 Å². The fourth-order valence-electron chi connectivity index (χ4n) is 2.53. The molecule has 3 aromatic rings. The minimum absolute atomic E-state index is 0. The van der Waals surface area contributed by atoms with E-state index in [1.807, 2.05) is 30.3 Å². The maximum Gasteiger partial charge on any atom is 0.191 e. The highest BCUT2D eigenvalue weighted by atomic mass is 127. The summed E-state index contributed by atoms with van der Waals surface area (Å²) in [7, 11) is 1.71. The van der Waals surface area contributed by atoms with Gasteiger partial charge in [-0.25, -0.2) is 14.1 Å². The molecule has 0 radical (unpaired) electrons. The summed E-state index contributed by atoms with van der Waals surface area (Å²) in [6.45, 7) is 1.24. The first-order valence-electron chi connectivity index (χ1n) is 8.38. The number of halogens is 2. The molecule has 6 nitrogen and oxygen atoms in total. The predicted molar refractivity (Wildman–Crippen MR) is 115 cm³/mol. The van der Waals surface area contributed by atoms with Crippen molar-refractivity contribution in [3.8, 4) is 5.69 Å². The number of rotatable bonds is 6. The molecule has 142 valence electrons. The van der Waals surface area contributed by atoms with E-state index in [9.17, 15) is 4.39 Å². The molecule has 2 N–H and O–H groups in total. The van der Waals surface area contributed by atoms with Gasteiger partial charge in [0.1, 0.15) is 18.5 Å². The molecule has 0 fully saturated rings. The van der Waals surface area contributed by atoms with E-state index in [2.05, 4.69) is 25.7 Å². The fraction of sp³-hybridized carbons (Fsp3) is 0.211. The SMILES string of the molecule is CN=C(NCCc1ccccc1F)NCc1ccc(-n2cncn2)cc1.I. The average Bonchev–Trinajstić information content (AvgIpc) is 3.21. The first kappa shape index (κ1) is 20.8. The Kier molecular flexibility index (Phi) is 8.18. The van der Waals surface area contributed by atoms with Gasteiger partial charge in [0.25, 0.3) is 0 Å². The Morgan fingerprint density at radius 3 is 2.56 bits per heavy atom. The maximum absolute atomic E-state index is 13.6. The molecule has 0 bridgehead atoms. The van der Waals surface area contributed by atoms with Crippen molar-refractivity contribution < 1.29 is 4.39 Å². The number of nitrogens with zero attached hydrogens (tertiary/aromatic N) is 4. The zero-order chi connectivity index (χ0) is 18.2. The summed E-state index contributed by atoms with van der Waals surface area (Å²) in [5.41, 5.74) is 2.77. The predicted octanol–water partition coefficient (Wildman–Crippen LogP) is 2.93. The lowest BCUT2D eigenvalue weighted by Crippen LogP contribution is -2.37. The summed E-state index contributed by atoms with van der Waals surface area (Å²) in [4.78, 5) is 8.13. The molecule has 3 rings (SSSR count). The number of hydrogen-bond donors (Lipinski definition) is 2. The van der Waals surface area contributed by atoms with Crippen molar-refractivity contribution in [2.45, 2.75) is 13.0 Å². The number of nitrogens with one attached hydrogen (secondary N) is 2. The van der Waals surface area contributed by atoms with Crippen molar-refractivity contribution in [1.82, 2.24) is 25.4 Å². The van der Waals surface area contributed by atoms with Crippen molar-refractivity contribution in [1.29, 1.82) is 0 Å². The van der Waals surface area contributed by atoms with E-state index >= 15 is 0 Å². The zero-order valence-electron chi connectivity index (χ0n) is 15.0. The van der Waals surface area contributed by atoms with Crippen LogP contribution in [0.5, 0.6) is 0 Å². The molecule has 2 aromatic carbocycles. The molecule has 0 spiro atoms. The Balaban J connectivity index is 0.00000261. The molecule has 0 amide bonds. The van der Waals surface area contributed by atoms with Gasteiger partial charge in [0.2, 0.25) is 0 Å². The Hall–Kier alpha value is -2.49. The van der Waals surface area contributed by atoms with Crippen LogP contribution in [0, 0.1) is 5.82 Å². The molecule has 0 aliphatic heterocycles. The molecule has 1 aromatic heterocycles. The Morgan fingerprint density at radius 2 is 1.89 bits per heavy atom. The van der Waals surface area contributed by atoms with Gasteiger partial charge < -0.3 is 10.6 Å². The maximum atomic E-state index is 13.6. The van der Waals surface area contributed by atoms with Crippen LogP contribution in [0.15, 0.2) is 66.2 Å². The van der Waals surface area contributed by atoms with Crippen LogP contribution in [-0.4, -0.2) is 34.3 Å². The number of aromatic nitrogens is 3. The number of aliphatic imine (C=N–C) groups is 1. The quantitative estimate of drug-likeness (QED) is 0.324. The number of guanidine groups is 1. The van der Waals surface area contributed by atoms with Crippen molar-refractivity contribution in [3.05, 3.63) is 78.1 Å². The lowest BCUT2D eigenvalue weighted by molar-refractivity contribution is 0.606. The van der Waals surface area contributed by atoms with E-state index in [1.54, 1.807) is 30.2 Å².